The third kappa shape index (κ3) is 1.69. The molecule has 4 nitrogen and oxygen atoms in total. The van der Waals surface area contributed by atoms with Gasteiger partial charge in [-0.1, -0.05) is 23.8 Å². The molecule has 1 heterocycles. The molecule has 1 N–H and O–H groups in total. The number of aryl methyl sites for hydroxylation is 1. The monoisotopic (exact) mass is 266 g/mol. The van der Waals surface area contributed by atoms with E-state index in [9.17, 15) is 9.59 Å². The minimum atomic E-state index is -0.279. The van der Waals surface area contributed by atoms with E-state index < -0.39 is 0 Å². The van der Waals surface area contributed by atoms with Crippen LogP contribution >= 0.6 is 0 Å². The van der Waals surface area contributed by atoms with Crippen molar-refractivity contribution in [1.29, 1.82) is 0 Å². The summed E-state index contributed by atoms with van der Waals surface area (Å²) >= 11 is 0. The number of fused-ring (bicyclic) bond motifs is 1. The molecule has 100 valence electrons. The van der Waals surface area contributed by atoms with Gasteiger partial charge in [-0.05, 0) is 31.2 Å². The SMILES string of the molecule is CNc1cccc2c1C(=O)N(c1ccc(C)cc1)C2=O. The van der Waals surface area contributed by atoms with Gasteiger partial charge in [0.15, 0.2) is 0 Å². The number of carbonyl (C=O) groups excluding carboxylic acids is 2. The number of benzene rings is 2. The van der Waals surface area contributed by atoms with Crippen molar-refractivity contribution in [3.63, 3.8) is 0 Å². The van der Waals surface area contributed by atoms with Crippen LogP contribution in [0.15, 0.2) is 42.5 Å². The van der Waals surface area contributed by atoms with Gasteiger partial charge in [0.1, 0.15) is 0 Å². The van der Waals surface area contributed by atoms with Gasteiger partial charge in [-0.15, -0.1) is 0 Å². The number of rotatable bonds is 2. The zero-order valence-electron chi connectivity index (χ0n) is 11.3. The minimum Gasteiger partial charge on any atom is -0.387 e. The first kappa shape index (κ1) is 12.4. The van der Waals surface area contributed by atoms with Gasteiger partial charge < -0.3 is 5.32 Å². The van der Waals surface area contributed by atoms with E-state index in [-0.39, 0.29) is 11.8 Å². The molecule has 0 fully saturated rings. The van der Waals surface area contributed by atoms with Gasteiger partial charge in [0, 0.05) is 12.7 Å². The topological polar surface area (TPSA) is 49.4 Å². The van der Waals surface area contributed by atoms with Gasteiger partial charge in [-0.2, -0.15) is 0 Å². The zero-order valence-corrected chi connectivity index (χ0v) is 11.3. The quantitative estimate of drug-likeness (QED) is 0.850. The van der Waals surface area contributed by atoms with E-state index in [0.29, 0.717) is 22.5 Å². The van der Waals surface area contributed by atoms with Crippen molar-refractivity contribution in [2.24, 2.45) is 0 Å². The van der Waals surface area contributed by atoms with E-state index in [0.717, 1.165) is 5.56 Å². The van der Waals surface area contributed by atoms with Gasteiger partial charge in [0.05, 0.1) is 16.8 Å². The second-order valence-electron chi connectivity index (χ2n) is 4.76. The molecule has 2 aromatic rings. The number of nitrogens with zero attached hydrogens (tertiary/aromatic N) is 1. The number of carbonyl (C=O) groups is 2. The predicted molar refractivity (Wildman–Crippen MR) is 78.3 cm³/mol. The van der Waals surface area contributed by atoms with E-state index in [1.807, 2.05) is 19.1 Å². The van der Waals surface area contributed by atoms with Crippen LogP contribution in [0.25, 0.3) is 0 Å². The smallest absolute Gasteiger partial charge is 0.268 e. The third-order valence-electron chi connectivity index (χ3n) is 3.48. The van der Waals surface area contributed by atoms with Crippen LogP contribution in [0.3, 0.4) is 0 Å². The molecule has 0 radical (unpaired) electrons. The normalized spacial score (nSPS) is 13.6. The van der Waals surface area contributed by atoms with E-state index >= 15 is 0 Å². The minimum absolute atomic E-state index is 0.272. The fourth-order valence-electron chi connectivity index (χ4n) is 2.42. The van der Waals surface area contributed by atoms with Gasteiger partial charge in [0.2, 0.25) is 0 Å². The molecule has 20 heavy (non-hydrogen) atoms. The largest absolute Gasteiger partial charge is 0.387 e. The first-order valence-corrected chi connectivity index (χ1v) is 6.39. The highest BCUT2D eigenvalue weighted by atomic mass is 16.2. The predicted octanol–water partition coefficient (Wildman–Crippen LogP) is 2.84. The summed E-state index contributed by atoms with van der Waals surface area (Å²) in [6.45, 7) is 1.96. The number of hydrogen-bond acceptors (Lipinski definition) is 3. The van der Waals surface area contributed by atoms with Crippen LogP contribution in [0.2, 0.25) is 0 Å². The molecule has 0 aromatic heterocycles. The molecule has 4 heteroatoms. The fraction of sp³-hybridized carbons (Fsp3) is 0.125. The molecule has 1 aliphatic rings. The second kappa shape index (κ2) is 4.49. The Morgan fingerprint density at radius 3 is 2.30 bits per heavy atom. The van der Waals surface area contributed by atoms with Crippen LogP contribution in [-0.4, -0.2) is 18.9 Å². The summed E-state index contributed by atoms with van der Waals surface area (Å²) in [7, 11) is 1.74. The van der Waals surface area contributed by atoms with Gasteiger partial charge in [0.25, 0.3) is 11.8 Å². The molecule has 0 saturated carbocycles. The molecule has 2 aromatic carbocycles. The average Bonchev–Trinajstić information content (AvgIpc) is 2.72. The first-order valence-electron chi connectivity index (χ1n) is 6.39. The molecule has 0 unspecified atom stereocenters. The summed E-state index contributed by atoms with van der Waals surface area (Å²) in [5.41, 5.74) is 3.25. The van der Waals surface area contributed by atoms with Crippen LogP contribution in [0.4, 0.5) is 11.4 Å². The Bertz CT molecular complexity index is 705. The standard InChI is InChI=1S/C16H14N2O2/c1-10-6-8-11(9-7-10)18-15(19)12-4-3-5-13(17-2)14(12)16(18)20/h3-9,17H,1-2H3. The molecule has 0 bridgehead atoms. The zero-order chi connectivity index (χ0) is 14.3. The molecule has 1 aliphatic heterocycles. The van der Waals surface area contributed by atoms with Crippen molar-refractivity contribution >= 4 is 23.2 Å². The Hall–Kier alpha value is -2.62. The van der Waals surface area contributed by atoms with E-state index in [2.05, 4.69) is 5.32 Å². The van der Waals surface area contributed by atoms with Crippen LogP contribution in [0, 0.1) is 6.92 Å². The lowest BCUT2D eigenvalue weighted by molar-refractivity contribution is 0.0926. The van der Waals surface area contributed by atoms with Crippen molar-refractivity contribution in [1.82, 2.24) is 0 Å². The maximum atomic E-state index is 12.5. The number of anilines is 2. The molecular formula is C16H14N2O2. The van der Waals surface area contributed by atoms with E-state index in [1.165, 1.54) is 4.90 Å². The Balaban J connectivity index is 2.12. The molecular weight excluding hydrogens is 252 g/mol. The summed E-state index contributed by atoms with van der Waals surface area (Å²) in [6, 6.07) is 12.6. The highest BCUT2D eigenvalue weighted by Crippen LogP contribution is 2.32. The van der Waals surface area contributed by atoms with Crippen molar-refractivity contribution in [2.45, 2.75) is 6.92 Å². The maximum absolute atomic E-state index is 12.5. The van der Waals surface area contributed by atoms with Gasteiger partial charge in [-0.25, -0.2) is 4.90 Å². The number of hydrogen-bond donors (Lipinski definition) is 1. The lowest BCUT2D eigenvalue weighted by Crippen LogP contribution is -2.29. The molecule has 3 rings (SSSR count). The summed E-state index contributed by atoms with van der Waals surface area (Å²) in [5.74, 6) is -0.551. The summed E-state index contributed by atoms with van der Waals surface area (Å²) in [6.07, 6.45) is 0. The van der Waals surface area contributed by atoms with Crippen LogP contribution < -0.4 is 10.2 Å². The Labute approximate surface area is 117 Å². The van der Waals surface area contributed by atoms with Crippen LogP contribution in [0.5, 0.6) is 0 Å². The molecule has 0 atom stereocenters. The highest BCUT2D eigenvalue weighted by Gasteiger charge is 2.38. The average molecular weight is 266 g/mol. The van der Waals surface area contributed by atoms with Crippen molar-refractivity contribution in [3.05, 3.63) is 59.2 Å². The number of amides is 2. The Kier molecular flexibility index (Phi) is 2.79. The highest BCUT2D eigenvalue weighted by molar-refractivity contribution is 6.36. The molecule has 0 spiro atoms. The molecule has 0 saturated heterocycles. The molecule has 2 amide bonds. The van der Waals surface area contributed by atoms with Crippen molar-refractivity contribution in [2.75, 3.05) is 17.3 Å². The molecule has 0 aliphatic carbocycles. The summed E-state index contributed by atoms with van der Waals surface area (Å²) < 4.78 is 0. The van der Waals surface area contributed by atoms with Crippen LogP contribution in [0.1, 0.15) is 26.3 Å². The number of nitrogens with one attached hydrogen (secondary N) is 1. The van der Waals surface area contributed by atoms with Crippen LogP contribution in [-0.2, 0) is 0 Å². The second-order valence-corrected chi connectivity index (χ2v) is 4.76. The van der Waals surface area contributed by atoms with Crippen molar-refractivity contribution in [3.8, 4) is 0 Å². The Morgan fingerprint density at radius 2 is 1.65 bits per heavy atom. The van der Waals surface area contributed by atoms with Gasteiger partial charge in [-0.3, -0.25) is 9.59 Å². The van der Waals surface area contributed by atoms with E-state index in [4.69, 9.17) is 0 Å². The maximum Gasteiger partial charge on any atom is 0.268 e. The Morgan fingerprint density at radius 1 is 0.950 bits per heavy atom. The lowest BCUT2D eigenvalue weighted by Gasteiger charge is -2.14. The van der Waals surface area contributed by atoms with Crippen molar-refractivity contribution < 1.29 is 9.59 Å². The summed E-state index contributed by atoms with van der Waals surface area (Å²) in [5, 5.41) is 2.96. The van der Waals surface area contributed by atoms with Gasteiger partial charge >= 0.3 is 0 Å². The van der Waals surface area contributed by atoms with E-state index in [1.54, 1.807) is 37.4 Å². The first-order chi connectivity index (χ1) is 9.63. The fourth-order valence-corrected chi connectivity index (χ4v) is 2.42. The lowest BCUT2D eigenvalue weighted by atomic mass is 10.1. The number of imide groups is 1. The summed E-state index contributed by atoms with van der Waals surface area (Å²) in [4.78, 5) is 26.2. The third-order valence-corrected chi connectivity index (χ3v) is 3.48.